The fourth-order valence-electron chi connectivity index (χ4n) is 0.668. The summed E-state index contributed by atoms with van der Waals surface area (Å²) >= 11 is 3.25. The van der Waals surface area contributed by atoms with Crippen LogP contribution in [0.2, 0.25) is 0 Å². The fourth-order valence-corrected chi connectivity index (χ4v) is 1.01. The number of rotatable bonds is 2. The topological polar surface area (TPSA) is 22.1 Å². The van der Waals surface area contributed by atoms with Crippen LogP contribution in [0.5, 0.6) is 0 Å². The SMILES string of the molecule is C=C(OC)c1cccc(Br)n1. The molecule has 3 heteroatoms. The van der Waals surface area contributed by atoms with Gasteiger partial charge in [-0.15, -0.1) is 0 Å². The van der Waals surface area contributed by atoms with E-state index in [2.05, 4.69) is 27.5 Å². The first-order valence-corrected chi connectivity index (χ1v) is 3.89. The summed E-state index contributed by atoms with van der Waals surface area (Å²) in [6.45, 7) is 3.68. The molecule has 11 heavy (non-hydrogen) atoms. The molecular formula is C8H8BrNO. The standard InChI is InChI=1S/C8H8BrNO/c1-6(11-2)7-4-3-5-8(9)10-7/h3-5H,1H2,2H3. The van der Waals surface area contributed by atoms with E-state index >= 15 is 0 Å². The molecule has 0 unspecified atom stereocenters. The van der Waals surface area contributed by atoms with E-state index in [9.17, 15) is 0 Å². The van der Waals surface area contributed by atoms with Crippen LogP contribution < -0.4 is 0 Å². The molecule has 0 saturated carbocycles. The Balaban J connectivity index is 2.96. The Morgan fingerprint density at radius 1 is 1.64 bits per heavy atom. The lowest BCUT2D eigenvalue weighted by Crippen LogP contribution is -1.89. The number of methoxy groups -OCH3 is 1. The minimum absolute atomic E-state index is 0.575. The van der Waals surface area contributed by atoms with Gasteiger partial charge in [0.1, 0.15) is 16.1 Å². The van der Waals surface area contributed by atoms with E-state index in [-0.39, 0.29) is 0 Å². The summed E-state index contributed by atoms with van der Waals surface area (Å²) in [6.07, 6.45) is 0. The van der Waals surface area contributed by atoms with E-state index in [4.69, 9.17) is 4.74 Å². The molecule has 0 aliphatic carbocycles. The summed E-state index contributed by atoms with van der Waals surface area (Å²) in [5, 5.41) is 0. The van der Waals surface area contributed by atoms with Gasteiger partial charge in [0.2, 0.25) is 0 Å². The maximum Gasteiger partial charge on any atom is 0.137 e. The van der Waals surface area contributed by atoms with Gasteiger partial charge in [0.05, 0.1) is 7.11 Å². The third-order valence-corrected chi connectivity index (χ3v) is 1.69. The van der Waals surface area contributed by atoms with E-state index in [1.807, 2.05) is 18.2 Å². The van der Waals surface area contributed by atoms with Crippen LogP contribution in [0, 0.1) is 0 Å². The van der Waals surface area contributed by atoms with Gasteiger partial charge in [-0.05, 0) is 28.1 Å². The Hall–Kier alpha value is -0.830. The van der Waals surface area contributed by atoms with E-state index in [1.54, 1.807) is 7.11 Å². The van der Waals surface area contributed by atoms with Crippen LogP contribution in [0.15, 0.2) is 29.4 Å². The average Bonchev–Trinajstić information content (AvgIpc) is 2.03. The molecule has 0 fully saturated rings. The summed E-state index contributed by atoms with van der Waals surface area (Å²) in [5.74, 6) is 0.575. The predicted molar refractivity (Wildman–Crippen MR) is 48.0 cm³/mol. The van der Waals surface area contributed by atoms with Crippen LogP contribution >= 0.6 is 15.9 Å². The minimum atomic E-state index is 0.575. The van der Waals surface area contributed by atoms with Crippen molar-refractivity contribution in [3.63, 3.8) is 0 Å². The third kappa shape index (κ3) is 2.05. The molecule has 58 valence electrons. The molecule has 2 nitrogen and oxygen atoms in total. The van der Waals surface area contributed by atoms with Crippen molar-refractivity contribution in [1.82, 2.24) is 4.98 Å². The fraction of sp³-hybridized carbons (Fsp3) is 0.125. The highest BCUT2D eigenvalue weighted by Gasteiger charge is 1.98. The van der Waals surface area contributed by atoms with Crippen LogP contribution in [-0.4, -0.2) is 12.1 Å². The van der Waals surface area contributed by atoms with Crippen molar-refractivity contribution in [3.05, 3.63) is 35.1 Å². The largest absolute Gasteiger partial charge is 0.495 e. The molecule has 1 aromatic rings. The van der Waals surface area contributed by atoms with Crippen molar-refractivity contribution < 1.29 is 4.74 Å². The third-order valence-electron chi connectivity index (χ3n) is 1.25. The molecule has 0 saturated heterocycles. The molecular weight excluding hydrogens is 206 g/mol. The van der Waals surface area contributed by atoms with Gasteiger partial charge in [-0.1, -0.05) is 12.6 Å². The number of pyridine rings is 1. The molecule has 0 spiro atoms. The maximum absolute atomic E-state index is 4.91. The number of hydrogen-bond acceptors (Lipinski definition) is 2. The first kappa shape index (κ1) is 8.27. The molecule has 1 aromatic heterocycles. The van der Waals surface area contributed by atoms with Gasteiger partial charge in [-0.3, -0.25) is 0 Å². The zero-order chi connectivity index (χ0) is 8.27. The summed E-state index contributed by atoms with van der Waals surface area (Å²) < 4.78 is 5.70. The lowest BCUT2D eigenvalue weighted by Gasteiger charge is -2.02. The second kappa shape index (κ2) is 3.53. The van der Waals surface area contributed by atoms with Crippen LogP contribution in [0.4, 0.5) is 0 Å². The van der Waals surface area contributed by atoms with Crippen molar-refractivity contribution in [2.24, 2.45) is 0 Å². The highest BCUT2D eigenvalue weighted by atomic mass is 79.9. The lowest BCUT2D eigenvalue weighted by molar-refractivity contribution is 0.369. The second-order valence-electron chi connectivity index (χ2n) is 1.97. The van der Waals surface area contributed by atoms with E-state index in [0.717, 1.165) is 10.3 Å². The van der Waals surface area contributed by atoms with Crippen molar-refractivity contribution in [1.29, 1.82) is 0 Å². The number of halogens is 1. The second-order valence-corrected chi connectivity index (χ2v) is 2.79. The smallest absolute Gasteiger partial charge is 0.137 e. The van der Waals surface area contributed by atoms with Gasteiger partial charge >= 0.3 is 0 Å². The molecule has 0 radical (unpaired) electrons. The van der Waals surface area contributed by atoms with Gasteiger partial charge < -0.3 is 4.74 Å². The summed E-state index contributed by atoms with van der Waals surface area (Å²) in [7, 11) is 1.57. The van der Waals surface area contributed by atoms with Crippen molar-refractivity contribution in [2.45, 2.75) is 0 Å². The zero-order valence-electron chi connectivity index (χ0n) is 6.17. The van der Waals surface area contributed by atoms with Crippen LogP contribution in [0.3, 0.4) is 0 Å². The number of hydrogen-bond donors (Lipinski definition) is 0. The zero-order valence-corrected chi connectivity index (χ0v) is 7.76. The molecule has 0 atom stereocenters. The molecule has 0 N–H and O–H groups in total. The van der Waals surface area contributed by atoms with Crippen molar-refractivity contribution in [2.75, 3.05) is 7.11 Å². The summed E-state index contributed by atoms with van der Waals surface area (Å²) in [4.78, 5) is 4.14. The highest BCUT2D eigenvalue weighted by molar-refractivity contribution is 9.10. The molecule has 0 bridgehead atoms. The maximum atomic E-state index is 4.91. The molecule has 1 rings (SSSR count). The monoisotopic (exact) mass is 213 g/mol. The first-order chi connectivity index (χ1) is 5.24. The van der Waals surface area contributed by atoms with Crippen molar-refractivity contribution in [3.8, 4) is 0 Å². The molecule has 0 amide bonds. The van der Waals surface area contributed by atoms with Crippen molar-refractivity contribution >= 4 is 21.7 Å². The summed E-state index contributed by atoms with van der Waals surface area (Å²) in [5.41, 5.74) is 0.752. The minimum Gasteiger partial charge on any atom is -0.495 e. The quantitative estimate of drug-likeness (QED) is 0.557. The van der Waals surface area contributed by atoms with Gasteiger partial charge in [0.15, 0.2) is 0 Å². The Morgan fingerprint density at radius 3 is 2.91 bits per heavy atom. The molecule has 0 aliphatic rings. The molecule has 0 aliphatic heterocycles. The normalized spacial score (nSPS) is 9.27. The van der Waals surface area contributed by atoms with E-state index < -0.39 is 0 Å². The van der Waals surface area contributed by atoms with Gasteiger partial charge in [0.25, 0.3) is 0 Å². The van der Waals surface area contributed by atoms with Crippen LogP contribution in [-0.2, 0) is 4.74 Å². The Kier molecular flexibility index (Phi) is 2.65. The first-order valence-electron chi connectivity index (χ1n) is 3.10. The predicted octanol–water partition coefficient (Wildman–Crippen LogP) is 2.46. The van der Waals surface area contributed by atoms with Gasteiger partial charge in [-0.2, -0.15) is 0 Å². The van der Waals surface area contributed by atoms with Gasteiger partial charge in [0, 0.05) is 0 Å². The Labute approximate surface area is 74.0 Å². The van der Waals surface area contributed by atoms with E-state index in [1.165, 1.54) is 0 Å². The number of ether oxygens (including phenoxy) is 1. The Bertz CT molecular complexity index is 273. The number of nitrogens with zero attached hydrogens (tertiary/aromatic N) is 1. The van der Waals surface area contributed by atoms with Crippen LogP contribution in [0.1, 0.15) is 5.69 Å². The molecule has 1 heterocycles. The summed E-state index contributed by atoms with van der Waals surface area (Å²) in [6, 6.07) is 5.58. The van der Waals surface area contributed by atoms with E-state index in [0.29, 0.717) is 5.76 Å². The average molecular weight is 214 g/mol. The lowest BCUT2D eigenvalue weighted by atomic mass is 10.3. The molecule has 0 aromatic carbocycles. The Morgan fingerprint density at radius 2 is 2.36 bits per heavy atom. The number of aromatic nitrogens is 1. The highest BCUT2D eigenvalue weighted by Crippen LogP contribution is 2.12. The van der Waals surface area contributed by atoms with Gasteiger partial charge in [-0.25, -0.2) is 4.98 Å². The van der Waals surface area contributed by atoms with Crippen LogP contribution in [0.25, 0.3) is 5.76 Å².